The van der Waals surface area contributed by atoms with Gasteiger partial charge in [0.1, 0.15) is 16.3 Å². The van der Waals surface area contributed by atoms with Crippen LogP contribution in [0.4, 0.5) is 18.9 Å². The van der Waals surface area contributed by atoms with Crippen LogP contribution in [0.3, 0.4) is 0 Å². The number of nitrogen functional groups attached to an aromatic ring is 1. The maximum Gasteiger partial charge on any atom is 0.406 e. The molecule has 0 saturated heterocycles. The van der Waals surface area contributed by atoms with Gasteiger partial charge in [-0.3, -0.25) is 4.79 Å². The summed E-state index contributed by atoms with van der Waals surface area (Å²) in [6.07, 6.45) is -4.44. The summed E-state index contributed by atoms with van der Waals surface area (Å²) < 4.78 is 37.5. The van der Waals surface area contributed by atoms with Crippen molar-refractivity contribution in [3.05, 3.63) is 22.7 Å². The third kappa shape index (κ3) is 3.26. The molecule has 0 aliphatic rings. The van der Waals surface area contributed by atoms with Gasteiger partial charge in [-0.1, -0.05) is 0 Å². The summed E-state index contributed by atoms with van der Waals surface area (Å²) in [5.74, 6) is -0.715. The first kappa shape index (κ1) is 15.6. The van der Waals surface area contributed by atoms with Crippen molar-refractivity contribution in [3.8, 4) is 0 Å². The van der Waals surface area contributed by atoms with Gasteiger partial charge in [0.05, 0.1) is 5.69 Å². The van der Waals surface area contributed by atoms with Gasteiger partial charge >= 0.3 is 6.18 Å². The fourth-order valence-corrected chi connectivity index (χ4v) is 3.04. The summed E-state index contributed by atoms with van der Waals surface area (Å²) in [5.41, 5.74) is 6.83. The van der Waals surface area contributed by atoms with Crippen molar-refractivity contribution in [1.82, 2.24) is 9.88 Å². The first-order valence-electron chi connectivity index (χ1n) is 6.24. The zero-order valence-corrected chi connectivity index (χ0v) is 12.3. The van der Waals surface area contributed by atoms with Crippen LogP contribution in [0.15, 0.2) is 12.1 Å². The molecule has 2 N–H and O–H groups in total. The molecule has 2 aromatic rings. The van der Waals surface area contributed by atoms with E-state index in [0.29, 0.717) is 10.2 Å². The van der Waals surface area contributed by atoms with Crippen molar-refractivity contribution in [3.63, 3.8) is 0 Å². The number of fused-ring (bicyclic) bond motifs is 1. The van der Waals surface area contributed by atoms with E-state index in [9.17, 15) is 18.0 Å². The Morgan fingerprint density at radius 1 is 1.43 bits per heavy atom. The SMILES string of the molecule is CCN(CC(F)(F)F)C(=O)c1sc2nc(C)ccc2c1N. The van der Waals surface area contributed by atoms with Crippen LogP contribution in [-0.2, 0) is 0 Å². The number of halogens is 3. The molecular formula is C13H14F3N3OS. The predicted molar refractivity (Wildman–Crippen MR) is 76.4 cm³/mol. The van der Waals surface area contributed by atoms with Gasteiger partial charge in [-0.25, -0.2) is 4.98 Å². The highest BCUT2D eigenvalue weighted by Gasteiger charge is 2.33. The van der Waals surface area contributed by atoms with Gasteiger partial charge in [0.15, 0.2) is 0 Å². The van der Waals surface area contributed by atoms with Gasteiger partial charge in [0, 0.05) is 17.6 Å². The summed E-state index contributed by atoms with van der Waals surface area (Å²) >= 11 is 1.02. The molecule has 0 radical (unpaired) electrons. The number of alkyl halides is 3. The highest BCUT2D eigenvalue weighted by atomic mass is 32.1. The number of nitrogens with zero attached hydrogens (tertiary/aromatic N) is 2. The number of nitrogens with two attached hydrogens (primary N) is 1. The molecule has 0 spiro atoms. The molecule has 2 heterocycles. The second-order valence-electron chi connectivity index (χ2n) is 4.58. The topological polar surface area (TPSA) is 59.2 Å². The number of hydrogen-bond donors (Lipinski definition) is 1. The van der Waals surface area contributed by atoms with Gasteiger partial charge in [0.2, 0.25) is 0 Å². The normalized spacial score (nSPS) is 11.9. The summed E-state index contributed by atoms with van der Waals surface area (Å²) in [4.78, 5) is 17.9. The maximum absolute atomic E-state index is 12.5. The van der Waals surface area contributed by atoms with E-state index in [1.165, 1.54) is 6.92 Å². The molecule has 0 atom stereocenters. The minimum Gasteiger partial charge on any atom is -0.397 e. The number of carbonyl (C=O) groups is 1. The lowest BCUT2D eigenvalue weighted by molar-refractivity contribution is -0.140. The van der Waals surface area contributed by atoms with Crippen molar-refractivity contribution >= 4 is 33.1 Å². The fourth-order valence-electron chi connectivity index (χ4n) is 1.94. The molecule has 0 bridgehead atoms. The van der Waals surface area contributed by atoms with E-state index in [1.807, 2.05) is 0 Å². The van der Waals surface area contributed by atoms with Gasteiger partial charge in [-0.05, 0) is 26.0 Å². The first-order chi connectivity index (χ1) is 9.73. The number of hydrogen-bond acceptors (Lipinski definition) is 4. The Morgan fingerprint density at radius 2 is 2.10 bits per heavy atom. The second-order valence-corrected chi connectivity index (χ2v) is 5.58. The largest absolute Gasteiger partial charge is 0.406 e. The van der Waals surface area contributed by atoms with Crippen LogP contribution < -0.4 is 5.73 Å². The highest BCUT2D eigenvalue weighted by molar-refractivity contribution is 7.21. The lowest BCUT2D eigenvalue weighted by Gasteiger charge is -2.21. The van der Waals surface area contributed by atoms with Gasteiger partial charge in [-0.2, -0.15) is 13.2 Å². The summed E-state index contributed by atoms with van der Waals surface area (Å²) in [6.45, 7) is 1.95. The Balaban J connectivity index is 2.40. The predicted octanol–water partition coefficient (Wildman–Crippen LogP) is 3.21. The summed E-state index contributed by atoms with van der Waals surface area (Å²) in [5, 5.41) is 0.594. The second kappa shape index (κ2) is 5.51. The summed E-state index contributed by atoms with van der Waals surface area (Å²) in [7, 11) is 0. The van der Waals surface area contributed by atoms with E-state index in [-0.39, 0.29) is 17.1 Å². The minimum atomic E-state index is -4.44. The standard InChI is InChI=1S/C13H14F3N3OS/c1-3-19(6-13(14,15)16)12(20)10-9(17)8-5-4-7(2)18-11(8)21-10/h4-5H,3,6,17H2,1-2H3. The van der Waals surface area contributed by atoms with Crippen molar-refractivity contribution in [2.75, 3.05) is 18.8 Å². The lowest BCUT2D eigenvalue weighted by Crippen LogP contribution is -2.38. The molecule has 0 aliphatic carbocycles. The average Bonchev–Trinajstić information content (AvgIpc) is 2.71. The number of amides is 1. The highest BCUT2D eigenvalue weighted by Crippen LogP contribution is 2.33. The number of aryl methyl sites for hydroxylation is 1. The Morgan fingerprint density at radius 3 is 2.67 bits per heavy atom. The van der Waals surface area contributed by atoms with E-state index in [0.717, 1.165) is 21.9 Å². The number of anilines is 1. The molecule has 2 rings (SSSR count). The Bertz CT molecular complexity index is 681. The van der Waals surface area contributed by atoms with Crippen LogP contribution in [0.25, 0.3) is 10.2 Å². The van der Waals surface area contributed by atoms with Crippen molar-refractivity contribution in [1.29, 1.82) is 0 Å². The summed E-state index contributed by atoms with van der Waals surface area (Å²) in [6, 6.07) is 3.47. The van der Waals surface area contributed by atoms with Gasteiger partial charge in [0.25, 0.3) is 5.91 Å². The first-order valence-corrected chi connectivity index (χ1v) is 7.06. The smallest absolute Gasteiger partial charge is 0.397 e. The third-order valence-corrected chi connectivity index (χ3v) is 4.07. The van der Waals surface area contributed by atoms with Crippen molar-refractivity contribution < 1.29 is 18.0 Å². The molecule has 4 nitrogen and oxygen atoms in total. The van der Waals surface area contributed by atoms with Crippen LogP contribution in [0.2, 0.25) is 0 Å². The number of carbonyl (C=O) groups excluding carboxylic acids is 1. The molecule has 0 fully saturated rings. The van der Waals surface area contributed by atoms with Crippen LogP contribution in [0, 0.1) is 6.92 Å². The molecular weight excluding hydrogens is 303 g/mol. The number of rotatable bonds is 3. The van der Waals surface area contributed by atoms with Crippen LogP contribution in [0.5, 0.6) is 0 Å². The lowest BCUT2D eigenvalue weighted by atomic mass is 10.2. The molecule has 0 aromatic carbocycles. The quantitative estimate of drug-likeness (QED) is 0.945. The zero-order chi connectivity index (χ0) is 15.8. The number of thiophene rings is 1. The Hall–Kier alpha value is -1.83. The molecule has 0 unspecified atom stereocenters. The van der Waals surface area contributed by atoms with E-state index in [1.54, 1.807) is 19.1 Å². The molecule has 0 aliphatic heterocycles. The van der Waals surface area contributed by atoms with Crippen molar-refractivity contribution in [2.24, 2.45) is 0 Å². The molecule has 0 saturated carbocycles. The molecule has 8 heteroatoms. The fraction of sp³-hybridized carbons (Fsp3) is 0.385. The molecule has 2 aromatic heterocycles. The van der Waals surface area contributed by atoms with E-state index < -0.39 is 18.6 Å². The molecule has 1 amide bonds. The van der Waals surface area contributed by atoms with E-state index in [4.69, 9.17) is 5.73 Å². The maximum atomic E-state index is 12.5. The van der Waals surface area contributed by atoms with Crippen LogP contribution >= 0.6 is 11.3 Å². The number of pyridine rings is 1. The van der Waals surface area contributed by atoms with Crippen LogP contribution in [-0.4, -0.2) is 35.1 Å². The Labute approximate surface area is 123 Å². The Kier molecular flexibility index (Phi) is 4.08. The third-order valence-electron chi connectivity index (χ3n) is 2.97. The van der Waals surface area contributed by atoms with Crippen molar-refractivity contribution in [2.45, 2.75) is 20.0 Å². The van der Waals surface area contributed by atoms with Gasteiger partial charge in [-0.15, -0.1) is 11.3 Å². The average molecular weight is 317 g/mol. The monoisotopic (exact) mass is 317 g/mol. The molecule has 21 heavy (non-hydrogen) atoms. The number of aromatic nitrogens is 1. The molecule has 114 valence electrons. The zero-order valence-electron chi connectivity index (χ0n) is 11.5. The van der Waals surface area contributed by atoms with Crippen LogP contribution in [0.1, 0.15) is 22.3 Å². The van der Waals surface area contributed by atoms with Gasteiger partial charge < -0.3 is 10.6 Å². The van der Waals surface area contributed by atoms with E-state index in [2.05, 4.69) is 4.98 Å². The van der Waals surface area contributed by atoms with E-state index >= 15 is 0 Å². The minimum absolute atomic E-state index is 0.0432.